The van der Waals surface area contributed by atoms with Gasteiger partial charge in [-0.3, -0.25) is 9.89 Å². The van der Waals surface area contributed by atoms with Crippen LogP contribution in [0.1, 0.15) is 34.1 Å². The Kier molecular flexibility index (Phi) is 5.49. The van der Waals surface area contributed by atoms with Gasteiger partial charge in [-0.05, 0) is 25.0 Å². The van der Waals surface area contributed by atoms with Crippen molar-refractivity contribution in [2.75, 3.05) is 13.6 Å². The first-order chi connectivity index (χ1) is 12.5. The number of rotatable bonds is 6. The van der Waals surface area contributed by atoms with Gasteiger partial charge in [0.2, 0.25) is 0 Å². The summed E-state index contributed by atoms with van der Waals surface area (Å²) in [6.45, 7) is 2.48. The van der Waals surface area contributed by atoms with Crippen molar-refractivity contribution in [1.82, 2.24) is 15.1 Å². The summed E-state index contributed by atoms with van der Waals surface area (Å²) in [5.41, 5.74) is 4.19. The van der Waals surface area contributed by atoms with Crippen LogP contribution in [-0.2, 0) is 0 Å². The monoisotopic (exact) mass is 349 g/mol. The van der Waals surface area contributed by atoms with Gasteiger partial charge in [0, 0.05) is 19.2 Å². The molecular formula is C21H23N3O2. The smallest absolute Gasteiger partial charge is 0.271 e. The molecule has 2 aromatic carbocycles. The van der Waals surface area contributed by atoms with Crippen LogP contribution < -0.4 is 0 Å². The molecule has 1 atom stereocenters. The van der Waals surface area contributed by atoms with Crippen LogP contribution in [-0.4, -0.2) is 39.7 Å². The highest BCUT2D eigenvalue weighted by atomic mass is 16.3. The van der Waals surface area contributed by atoms with E-state index in [4.69, 9.17) is 0 Å². The predicted molar refractivity (Wildman–Crippen MR) is 102 cm³/mol. The van der Waals surface area contributed by atoms with E-state index in [1.54, 1.807) is 18.0 Å². The lowest BCUT2D eigenvalue weighted by Gasteiger charge is -2.18. The fourth-order valence-electron chi connectivity index (χ4n) is 2.77. The molecule has 1 aromatic heterocycles. The maximum Gasteiger partial charge on any atom is 0.271 e. The number of aromatic amines is 1. The third kappa shape index (κ3) is 4.18. The Hall–Kier alpha value is -2.92. The molecule has 1 heterocycles. The number of aryl methyl sites for hydroxylation is 1. The van der Waals surface area contributed by atoms with Gasteiger partial charge in [0.15, 0.2) is 0 Å². The molecule has 0 saturated heterocycles. The average Bonchev–Trinajstić information content (AvgIpc) is 3.16. The molecule has 3 rings (SSSR count). The number of carbonyl (C=O) groups is 1. The molecule has 5 nitrogen and oxygen atoms in total. The fourth-order valence-corrected chi connectivity index (χ4v) is 2.77. The van der Waals surface area contributed by atoms with Crippen LogP contribution in [0, 0.1) is 6.92 Å². The minimum absolute atomic E-state index is 0.142. The lowest BCUT2D eigenvalue weighted by Crippen LogP contribution is -2.29. The fraction of sp³-hybridized carbons (Fsp3) is 0.238. The summed E-state index contributed by atoms with van der Waals surface area (Å²) in [6, 6.07) is 19.2. The van der Waals surface area contributed by atoms with Crippen LogP contribution in [0.2, 0.25) is 0 Å². The minimum Gasteiger partial charge on any atom is -0.388 e. The number of nitrogens with one attached hydrogen (secondary N) is 1. The first kappa shape index (κ1) is 17.9. The summed E-state index contributed by atoms with van der Waals surface area (Å²) in [5, 5.41) is 17.3. The van der Waals surface area contributed by atoms with E-state index in [-0.39, 0.29) is 5.91 Å². The quantitative estimate of drug-likeness (QED) is 0.715. The largest absolute Gasteiger partial charge is 0.388 e. The van der Waals surface area contributed by atoms with E-state index in [2.05, 4.69) is 10.2 Å². The van der Waals surface area contributed by atoms with E-state index < -0.39 is 6.10 Å². The van der Waals surface area contributed by atoms with Gasteiger partial charge in [-0.25, -0.2) is 0 Å². The number of aliphatic hydroxyl groups excluding tert-OH is 1. The molecule has 0 aliphatic heterocycles. The Labute approximate surface area is 153 Å². The molecule has 0 saturated carbocycles. The first-order valence-corrected chi connectivity index (χ1v) is 8.65. The molecule has 0 spiro atoms. The standard InChI is InChI=1S/C21H23N3O2/c1-15-8-10-16(11-9-15)18-14-19(23-22-18)21(26)24(2)13-12-20(25)17-6-4-3-5-7-17/h3-11,14,20,25H,12-13H2,1-2H3,(H,22,23). The van der Waals surface area contributed by atoms with Crippen LogP contribution in [0.15, 0.2) is 60.7 Å². The summed E-state index contributed by atoms with van der Waals surface area (Å²) in [6.07, 6.45) is -0.109. The third-order valence-electron chi connectivity index (χ3n) is 4.42. The number of nitrogens with zero attached hydrogens (tertiary/aromatic N) is 2. The number of benzene rings is 2. The SMILES string of the molecule is Cc1ccc(-c2cc(C(=O)N(C)CCC(O)c3ccccc3)[nH]n2)cc1. The highest BCUT2D eigenvalue weighted by molar-refractivity contribution is 5.93. The normalized spacial score (nSPS) is 12.0. The Morgan fingerprint density at radius 2 is 1.85 bits per heavy atom. The molecule has 0 aliphatic carbocycles. The van der Waals surface area contributed by atoms with Gasteiger partial charge in [-0.15, -0.1) is 0 Å². The first-order valence-electron chi connectivity index (χ1n) is 8.65. The van der Waals surface area contributed by atoms with Crippen molar-refractivity contribution >= 4 is 5.91 Å². The highest BCUT2D eigenvalue weighted by Crippen LogP contribution is 2.20. The van der Waals surface area contributed by atoms with E-state index >= 15 is 0 Å². The number of H-pyrrole nitrogens is 1. The van der Waals surface area contributed by atoms with Crippen molar-refractivity contribution in [3.8, 4) is 11.3 Å². The maximum atomic E-state index is 12.6. The predicted octanol–water partition coefficient (Wildman–Crippen LogP) is 3.58. The number of aromatic nitrogens is 2. The van der Waals surface area contributed by atoms with Crippen LogP contribution in [0.25, 0.3) is 11.3 Å². The Morgan fingerprint density at radius 3 is 2.54 bits per heavy atom. The van der Waals surface area contributed by atoms with E-state index in [1.165, 1.54) is 5.56 Å². The van der Waals surface area contributed by atoms with Gasteiger partial charge in [0.1, 0.15) is 5.69 Å². The summed E-state index contributed by atoms with van der Waals surface area (Å²) in [5.74, 6) is -0.142. The summed E-state index contributed by atoms with van der Waals surface area (Å²) in [4.78, 5) is 14.2. The van der Waals surface area contributed by atoms with Crippen molar-refractivity contribution in [1.29, 1.82) is 0 Å². The molecule has 0 bridgehead atoms. The van der Waals surface area contributed by atoms with Gasteiger partial charge in [0.05, 0.1) is 11.8 Å². The van der Waals surface area contributed by atoms with Crippen molar-refractivity contribution < 1.29 is 9.90 Å². The molecule has 0 aliphatic rings. The third-order valence-corrected chi connectivity index (χ3v) is 4.42. The lowest BCUT2D eigenvalue weighted by atomic mass is 10.1. The van der Waals surface area contributed by atoms with E-state index in [1.807, 2.05) is 61.5 Å². The number of carbonyl (C=O) groups excluding carboxylic acids is 1. The molecule has 1 amide bonds. The number of hydrogen-bond acceptors (Lipinski definition) is 3. The molecule has 3 aromatic rings. The van der Waals surface area contributed by atoms with Gasteiger partial charge < -0.3 is 10.0 Å². The molecule has 0 fully saturated rings. The Bertz CT molecular complexity index is 856. The summed E-state index contributed by atoms with van der Waals surface area (Å²) in [7, 11) is 1.73. The average molecular weight is 349 g/mol. The van der Waals surface area contributed by atoms with Gasteiger partial charge in [-0.1, -0.05) is 60.2 Å². The van der Waals surface area contributed by atoms with Gasteiger partial charge >= 0.3 is 0 Å². The van der Waals surface area contributed by atoms with Crippen molar-refractivity contribution in [3.63, 3.8) is 0 Å². The van der Waals surface area contributed by atoms with Crippen LogP contribution in [0.3, 0.4) is 0 Å². The van der Waals surface area contributed by atoms with E-state index in [0.717, 1.165) is 16.8 Å². The minimum atomic E-state index is -0.587. The molecule has 1 unspecified atom stereocenters. The second kappa shape index (κ2) is 7.97. The number of aliphatic hydroxyl groups is 1. The Morgan fingerprint density at radius 1 is 1.15 bits per heavy atom. The lowest BCUT2D eigenvalue weighted by molar-refractivity contribution is 0.0755. The number of hydrogen-bond donors (Lipinski definition) is 2. The second-order valence-corrected chi connectivity index (χ2v) is 6.47. The Balaban J connectivity index is 1.61. The molecule has 26 heavy (non-hydrogen) atoms. The molecular weight excluding hydrogens is 326 g/mol. The topological polar surface area (TPSA) is 69.2 Å². The van der Waals surface area contributed by atoms with Crippen molar-refractivity contribution in [3.05, 3.63) is 77.5 Å². The highest BCUT2D eigenvalue weighted by Gasteiger charge is 2.17. The van der Waals surface area contributed by atoms with E-state index in [0.29, 0.717) is 18.7 Å². The van der Waals surface area contributed by atoms with Gasteiger partial charge in [0.25, 0.3) is 5.91 Å². The molecule has 0 radical (unpaired) electrons. The molecule has 5 heteroatoms. The van der Waals surface area contributed by atoms with Crippen LogP contribution >= 0.6 is 0 Å². The van der Waals surface area contributed by atoms with Crippen LogP contribution in [0.4, 0.5) is 0 Å². The summed E-state index contributed by atoms with van der Waals surface area (Å²) < 4.78 is 0. The number of amides is 1. The maximum absolute atomic E-state index is 12.6. The molecule has 134 valence electrons. The zero-order valence-electron chi connectivity index (χ0n) is 15.0. The van der Waals surface area contributed by atoms with Crippen LogP contribution in [0.5, 0.6) is 0 Å². The van der Waals surface area contributed by atoms with Crippen molar-refractivity contribution in [2.45, 2.75) is 19.4 Å². The zero-order chi connectivity index (χ0) is 18.5. The zero-order valence-corrected chi connectivity index (χ0v) is 15.0. The summed E-state index contributed by atoms with van der Waals surface area (Å²) >= 11 is 0. The van der Waals surface area contributed by atoms with Gasteiger partial charge in [-0.2, -0.15) is 5.10 Å². The second-order valence-electron chi connectivity index (χ2n) is 6.47. The van der Waals surface area contributed by atoms with E-state index in [9.17, 15) is 9.90 Å². The molecule has 2 N–H and O–H groups in total. The van der Waals surface area contributed by atoms with Crippen molar-refractivity contribution in [2.24, 2.45) is 0 Å².